The topological polar surface area (TPSA) is 174 Å². The molecule has 13 heteroatoms. The summed E-state index contributed by atoms with van der Waals surface area (Å²) in [6.07, 6.45) is -3.26. The molecule has 3 heterocycles. The first kappa shape index (κ1) is 20.1. The highest BCUT2D eigenvalue weighted by molar-refractivity contribution is 9.09. The molecule has 0 radical (unpaired) electrons. The molecule has 4 atom stereocenters. The minimum absolute atomic E-state index is 0.0484. The van der Waals surface area contributed by atoms with Crippen LogP contribution >= 0.6 is 27.7 Å². The second kappa shape index (κ2) is 8.16. The second-order valence-electron chi connectivity index (χ2n) is 5.71. The van der Waals surface area contributed by atoms with E-state index in [2.05, 4.69) is 30.9 Å². The molecule has 5 N–H and O–H groups in total. The average molecular weight is 462 g/mol. The van der Waals surface area contributed by atoms with Gasteiger partial charge in [-0.2, -0.15) is 0 Å². The van der Waals surface area contributed by atoms with Crippen LogP contribution in [0.25, 0.3) is 11.2 Å². The van der Waals surface area contributed by atoms with E-state index in [-0.39, 0.29) is 33.2 Å². The summed E-state index contributed by atoms with van der Waals surface area (Å²) in [5.74, 6) is -1.26. The number of anilines is 1. The van der Waals surface area contributed by atoms with E-state index in [9.17, 15) is 24.9 Å². The van der Waals surface area contributed by atoms with Crippen molar-refractivity contribution in [2.75, 3.05) is 23.4 Å². The zero-order chi connectivity index (χ0) is 19.7. The molecule has 1 aliphatic heterocycles. The van der Waals surface area contributed by atoms with Gasteiger partial charge >= 0.3 is 0 Å². The number of ketones is 2. The molecule has 0 aromatic carbocycles. The van der Waals surface area contributed by atoms with E-state index < -0.39 is 42.7 Å². The number of alkyl halides is 1. The Morgan fingerprint density at radius 2 is 2.04 bits per heavy atom. The fourth-order valence-electron chi connectivity index (χ4n) is 2.56. The summed E-state index contributed by atoms with van der Waals surface area (Å²) in [4.78, 5) is 35.4. The smallest absolute Gasteiger partial charge is 0.209 e. The molecule has 2 aromatic heterocycles. The summed E-state index contributed by atoms with van der Waals surface area (Å²) in [7, 11) is 0. The molecular weight excluding hydrogens is 446 g/mol. The quantitative estimate of drug-likeness (QED) is 0.166. The van der Waals surface area contributed by atoms with Gasteiger partial charge in [0.05, 0.1) is 24.0 Å². The number of aromatic nitrogens is 4. The number of thioether (sulfide) groups is 1. The molecule has 27 heavy (non-hydrogen) atoms. The third-order valence-electron chi connectivity index (χ3n) is 3.98. The van der Waals surface area contributed by atoms with Gasteiger partial charge < -0.3 is 25.8 Å². The standard InChI is InChI=1S/C14H16BrN5O6S/c15-1-5(22)6(23)3-27-14-18-11(16)8-12(19-14)20(4-17-8)13-10(25)9(24)7(2-21)26-13/h4,7,9-10,13,21,24-25H,1-3H2,(H2,16,18,19)/t7-,9-,10-,13-/m1/s1. The van der Waals surface area contributed by atoms with Crippen molar-refractivity contribution in [3.63, 3.8) is 0 Å². The summed E-state index contributed by atoms with van der Waals surface area (Å²) in [6.45, 7) is -0.469. The highest BCUT2D eigenvalue weighted by atomic mass is 79.9. The van der Waals surface area contributed by atoms with Gasteiger partial charge in [-0.3, -0.25) is 14.2 Å². The summed E-state index contributed by atoms with van der Waals surface area (Å²) in [5.41, 5.74) is 6.36. The van der Waals surface area contributed by atoms with Gasteiger partial charge in [-0.05, 0) is 0 Å². The Labute approximate surface area is 165 Å². The van der Waals surface area contributed by atoms with Crippen molar-refractivity contribution in [2.24, 2.45) is 0 Å². The van der Waals surface area contributed by atoms with Crippen LogP contribution in [0.3, 0.4) is 0 Å². The fourth-order valence-corrected chi connectivity index (χ4v) is 3.61. The molecule has 0 amide bonds. The Hall–Kier alpha value is -1.64. The third kappa shape index (κ3) is 3.83. The van der Waals surface area contributed by atoms with Crippen molar-refractivity contribution in [2.45, 2.75) is 29.7 Å². The normalized spacial score (nSPS) is 25.2. The summed E-state index contributed by atoms with van der Waals surface area (Å²) in [6, 6.07) is 0. The number of hydrogen-bond acceptors (Lipinski definition) is 11. The van der Waals surface area contributed by atoms with Crippen molar-refractivity contribution in [3.05, 3.63) is 6.33 Å². The van der Waals surface area contributed by atoms with Crippen molar-refractivity contribution in [1.29, 1.82) is 0 Å². The number of Topliss-reactive ketones (excluding diaryl/α,β-unsaturated/α-hetero) is 2. The van der Waals surface area contributed by atoms with Crippen molar-refractivity contribution >= 4 is 56.2 Å². The number of ether oxygens (including phenoxy) is 1. The maximum Gasteiger partial charge on any atom is 0.209 e. The molecule has 0 aliphatic carbocycles. The van der Waals surface area contributed by atoms with Crippen LogP contribution in [0.4, 0.5) is 5.82 Å². The maximum atomic E-state index is 11.7. The van der Waals surface area contributed by atoms with Gasteiger partial charge in [0, 0.05) is 0 Å². The number of nitrogen functional groups attached to an aromatic ring is 1. The first-order valence-electron chi connectivity index (χ1n) is 7.74. The molecule has 3 rings (SSSR count). The van der Waals surface area contributed by atoms with Gasteiger partial charge in [0.1, 0.15) is 23.8 Å². The van der Waals surface area contributed by atoms with Gasteiger partial charge in [-0.15, -0.1) is 0 Å². The number of aliphatic hydroxyl groups excluding tert-OH is 3. The number of carbonyl (C=O) groups excluding carboxylic acids is 2. The summed E-state index contributed by atoms with van der Waals surface area (Å²) < 4.78 is 6.84. The number of rotatable bonds is 7. The number of nitrogens with two attached hydrogens (primary N) is 1. The lowest BCUT2D eigenvalue weighted by Gasteiger charge is -2.16. The Kier molecular flexibility index (Phi) is 6.08. The molecule has 11 nitrogen and oxygen atoms in total. The number of carbonyl (C=O) groups is 2. The highest BCUT2D eigenvalue weighted by Crippen LogP contribution is 2.32. The molecule has 0 bridgehead atoms. The molecule has 0 saturated carbocycles. The van der Waals surface area contributed by atoms with E-state index in [1.54, 1.807) is 0 Å². The van der Waals surface area contributed by atoms with E-state index in [1.807, 2.05) is 0 Å². The first-order chi connectivity index (χ1) is 12.9. The molecule has 0 spiro atoms. The van der Waals surface area contributed by atoms with Crippen molar-refractivity contribution < 1.29 is 29.6 Å². The van der Waals surface area contributed by atoms with Gasteiger partial charge in [-0.1, -0.05) is 27.7 Å². The van der Waals surface area contributed by atoms with Crippen LogP contribution in [0, 0.1) is 0 Å². The lowest BCUT2D eigenvalue weighted by Crippen LogP contribution is -2.33. The van der Waals surface area contributed by atoms with Gasteiger partial charge in [0.2, 0.25) is 11.6 Å². The maximum absolute atomic E-state index is 11.7. The van der Waals surface area contributed by atoms with Crippen LogP contribution in [-0.2, 0) is 14.3 Å². The van der Waals surface area contributed by atoms with Crippen molar-refractivity contribution in [1.82, 2.24) is 19.5 Å². The molecule has 1 fully saturated rings. The van der Waals surface area contributed by atoms with Crippen molar-refractivity contribution in [3.8, 4) is 0 Å². The molecule has 1 aliphatic rings. The molecule has 0 unspecified atom stereocenters. The first-order valence-corrected chi connectivity index (χ1v) is 9.85. The molecule has 146 valence electrons. The Balaban J connectivity index is 1.89. The third-order valence-corrected chi connectivity index (χ3v) is 5.34. The lowest BCUT2D eigenvalue weighted by atomic mass is 10.1. The van der Waals surface area contributed by atoms with Crippen LogP contribution in [-0.4, -0.2) is 82.4 Å². The number of nitrogens with zero attached hydrogens (tertiary/aromatic N) is 4. The molecule has 1 saturated heterocycles. The highest BCUT2D eigenvalue weighted by Gasteiger charge is 2.44. The van der Waals surface area contributed by atoms with Gasteiger partial charge in [0.25, 0.3) is 0 Å². The SMILES string of the molecule is Nc1nc(SCC(=O)C(=O)CBr)nc2c1ncn2[C@@H]1O[C@H](CO)[C@@H](O)[C@H]1O. The van der Waals surface area contributed by atoms with E-state index in [4.69, 9.17) is 10.5 Å². The monoisotopic (exact) mass is 461 g/mol. The van der Waals surface area contributed by atoms with Gasteiger partial charge in [0.15, 0.2) is 22.8 Å². The van der Waals surface area contributed by atoms with Crippen LogP contribution in [0.5, 0.6) is 0 Å². The fraction of sp³-hybridized carbons (Fsp3) is 0.500. The van der Waals surface area contributed by atoms with Crippen LogP contribution in [0.2, 0.25) is 0 Å². The van der Waals surface area contributed by atoms with Gasteiger partial charge in [-0.25, -0.2) is 15.0 Å². The summed E-state index contributed by atoms with van der Waals surface area (Å²) >= 11 is 3.87. The van der Waals surface area contributed by atoms with E-state index >= 15 is 0 Å². The van der Waals surface area contributed by atoms with E-state index in [0.29, 0.717) is 0 Å². The van der Waals surface area contributed by atoms with E-state index in [0.717, 1.165) is 11.8 Å². The number of aliphatic hydroxyl groups is 3. The second-order valence-corrected chi connectivity index (χ2v) is 7.22. The minimum atomic E-state index is -1.31. The Morgan fingerprint density at radius 3 is 2.67 bits per heavy atom. The summed E-state index contributed by atoms with van der Waals surface area (Å²) in [5, 5.41) is 29.4. The largest absolute Gasteiger partial charge is 0.394 e. The predicted octanol–water partition coefficient (Wildman–Crippen LogP) is -1.35. The average Bonchev–Trinajstić information content (AvgIpc) is 3.21. The van der Waals surface area contributed by atoms with Crippen LogP contribution < -0.4 is 5.73 Å². The zero-order valence-corrected chi connectivity index (χ0v) is 16.1. The van der Waals surface area contributed by atoms with Crippen LogP contribution in [0.1, 0.15) is 6.23 Å². The Morgan fingerprint density at radius 1 is 1.30 bits per heavy atom. The predicted molar refractivity (Wildman–Crippen MR) is 97.3 cm³/mol. The number of imidazole rings is 1. The van der Waals surface area contributed by atoms with Crippen LogP contribution in [0.15, 0.2) is 11.5 Å². The zero-order valence-electron chi connectivity index (χ0n) is 13.7. The number of halogens is 1. The minimum Gasteiger partial charge on any atom is -0.394 e. The number of hydrogen-bond donors (Lipinski definition) is 4. The molecular formula is C14H16BrN5O6S. The molecule has 2 aromatic rings. The number of fused-ring (bicyclic) bond motifs is 1. The lowest BCUT2D eigenvalue weighted by molar-refractivity contribution is -0.133. The Bertz CT molecular complexity index is 879. The van der Waals surface area contributed by atoms with E-state index in [1.165, 1.54) is 10.9 Å².